The summed E-state index contributed by atoms with van der Waals surface area (Å²) in [5, 5.41) is 14.8. The molecular weight excluding hydrogens is 284 g/mol. The average molecular weight is 304 g/mol. The molecule has 1 heterocycles. The Labute approximate surface area is 128 Å². The van der Waals surface area contributed by atoms with Gasteiger partial charge in [0.05, 0.1) is 17.1 Å². The highest BCUT2D eigenvalue weighted by Gasteiger charge is 2.07. The lowest BCUT2D eigenvalue weighted by atomic mass is 10.1. The highest BCUT2D eigenvalue weighted by Crippen LogP contribution is 2.21. The van der Waals surface area contributed by atoms with Crippen LogP contribution in [0.5, 0.6) is 0 Å². The maximum atomic E-state index is 11.8. The van der Waals surface area contributed by atoms with Crippen molar-refractivity contribution in [2.45, 2.75) is 20.3 Å². The summed E-state index contributed by atoms with van der Waals surface area (Å²) in [6, 6.07) is 7.90. The van der Waals surface area contributed by atoms with Gasteiger partial charge in [0.1, 0.15) is 0 Å². The van der Waals surface area contributed by atoms with Crippen molar-refractivity contribution in [1.82, 2.24) is 10.3 Å². The Hall–Kier alpha value is -1.72. The van der Waals surface area contributed by atoms with Gasteiger partial charge in [-0.2, -0.15) is 0 Å². The number of rotatable bonds is 6. The number of carbonyl (C=O) groups excluding carboxylic acids is 1. The number of carbonyl (C=O) groups is 1. The van der Waals surface area contributed by atoms with Gasteiger partial charge in [-0.25, -0.2) is 4.98 Å². The van der Waals surface area contributed by atoms with Gasteiger partial charge in [-0.1, -0.05) is 31.2 Å². The van der Waals surface area contributed by atoms with Gasteiger partial charge < -0.3 is 10.4 Å². The van der Waals surface area contributed by atoms with Gasteiger partial charge in [0.15, 0.2) is 0 Å². The van der Waals surface area contributed by atoms with Crippen molar-refractivity contribution < 1.29 is 9.90 Å². The molecule has 0 aliphatic rings. The normalized spacial score (nSPS) is 12.1. The summed E-state index contributed by atoms with van der Waals surface area (Å²) in [7, 11) is 0. The van der Waals surface area contributed by atoms with Crippen molar-refractivity contribution in [3.8, 4) is 11.3 Å². The predicted octanol–water partition coefficient (Wildman–Crippen LogP) is 2.41. The molecule has 2 aromatic rings. The first-order valence-electron chi connectivity index (χ1n) is 6.97. The second-order valence-electron chi connectivity index (χ2n) is 5.22. The molecule has 0 fully saturated rings. The summed E-state index contributed by atoms with van der Waals surface area (Å²) in [5.74, 6) is 0.0665. The first kappa shape index (κ1) is 15.7. The second kappa shape index (κ2) is 7.33. The van der Waals surface area contributed by atoms with E-state index in [1.54, 1.807) is 11.3 Å². The first-order valence-corrected chi connectivity index (χ1v) is 7.85. The molecule has 1 amide bonds. The van der Waals surface area contributed by atoms with Crippen LogP contribution in [0.15, 0.2) is 29.6 Å². The van der Waals surface area contributed by atoms with E-state index < -0.39 is 0 Å². The fourth-order valence-electron chi connectivity index (χ4n) is 1.89. The third-order valence-corrected chi connectivity index (χ3v) is 3.97. The number of hydrogen-bond donors (Lipinski definition) is 2. The molecule has 21 heavy (non-hydrogen) atoms. The molecule has 0 spiro atoms. The third-order valence-electron chi connectivity index (χ3n) is 3.19. The number of hydrogen-bond acceptors (Lipinski definition) is 4. The Kier molecular flexibility index (Phi) is 5.47. The Morgan fingerprint density at radius 3 is 2.67 bits per heavy atom. The topological polar surface area (TPSA) is 62.2 Å². The van der Waals surface area contributed by atoms with E-state index in [4.69, 9.17) is 5.11 Å². The lowest BCUT2D eigenvalue weighted by Crippen LogP contribution is -2.30. The summed E-state index contributed by atoms with van der Waals surface area (Å²) in [5.41, 5.74) is 3.02. The van der Waals surface area contributed by atoms with Crippen LogP contribution < -0.4 is 5.32 Å². The van der Waals surface area contributed by atoms with Crippen LogP contribution in [0.4, 0.5) is 0 Å². The highest BCUT2D eigenvalue weighted by molar-refractivity contribution is 7.09. The van der Waals surface area contributed by atoms with E-state index in [1.165, 1.54) is 0 Å². The quantitative estimate of drug-likeness (QED) is 0.861. The highest BCUT2D eigenvalue weighted by atomic mass is 32.1. The zero-order valence-electron chi connectivity index (χ0n) is 12.3. The molecule has 0 saturated carbocycles. The van der Waals surface area contributed by atoms with Crippen molar-refractivity contribution in [1.29, 1.82) is 0 Å². The smallest absolute Gasteiger partial charge is 0.224 e. The van der Waals surface area contributed by atoms with Gasteiger partial charge in [0.2, 0.25) is 5.91 Å². The molecule has 4 nitrogen and oxygen atoms in total. The molecule has 1 aromatic carbocycles. The molecule has 1 aromatic heterocycles. The lowest BCUT2D eigenvalue weighted by molar-refractivity contribution is -0.120. The fraction of sp³-hybridized carbons (Fsp3) is 0.375. The largest absolute Gasteiger partial charge is 0.396 e. The van der Waals surface area contributed by atoms with E-state index in [0.717, 1.165) is 21.8 Å². The van der Waals surface area contributed by atoms with Crippen LogP contribution in [-0.2, 0) is 11.2 Å². The van der Waals surface area contributed by atoms with Crippen molar-refractivity contribution >= 4 is 17.2 Å². The van der Waals surface area contributed by atoms with Crippen LogP contribution in [0.1, 0.15) is 17.5 Å². The fourth-order valence-corrected chi connectivity index (χ4v) is 2.51. The van der Waals surface area contributed by atoms with Crippen LogP contribution in [0.3, 0.4) is 0 Å². The molecule has 1 atom stereocenters. The zero-order chi connectivity index (χ0) is 15.2. The summed E-state index contributed by atoms with van der Waals surface area (Å²) >= 11 is 1.63. The van der Waals surface area contributed by atoms with Crippen LogP contribution in [0.25, 0.3) is 11.3 Å². The summed E-state index contributed by atoms with van der Waals surface area (Å²) in [6.45, 7) is 4.47. The van der Waals surface area contributed by atoms with E-state index in [9.17, 15) is 4.79 Å². The van der Waals surface area contributed by atoms with Crippen molar-refractivity contribution in [2.24, 2.45) is 5.92 Å². The number of aryl methyl sites for hydroxylation is 1. The minimum atomic E-state index is -0.0208. The van der Waals surface area contributed by atoms with Gasteiger partial charge in [0.25, 0.3) is 0 Å². The van der Waals surface area contributed by atoms with Gasteiger partial charge in [-0.3, -0.25) is 4.79 Å². The second-order valence-corrected chi connectivity index (χ2v) is 6.28. The maximum Gasteiger partial charge on any atom is 0.224 e. The molecule has 5 heteroatoms. The molecule has 0 bridgehead atoms. The van der Waals surface area contributed by atoms with E-state index in [1.807, 2.05) is 43.5 Å². The first-order chi connectivity index (χ1) is 10.1. The molecule has 0 aliphatic carbocycles. The number of aliphatic hydroxyl groups excluding tert-OH is 1. The molecule has 0 saturated heterocycles. The maximum absolute atomic E-state index is 11.8. The minimum absolute atomic E-state index is 0.0208. The van der Waals surface area contributed by atoms with Gasteiger partial charge in [-0.05, 0) is 18.4 Å². The van der Waals surface area contributed by atoms with Crippen LogP contribution in [-0.4, -0.2) is 29.1 Å². The average Bonchev–Trinajstić information content (AvgIpc) is 2.92. The molecule has 112 valence electrons. The lowest BCUT2D eigenvalue weighted by Gasteiger charge is -2.09. The van der Waals surface area contributed by atoms with Crippen LogP contribution in [0.2, 0.25) is 0 Å². The summed E-state index contributed by atoms with van der Waals surface area (Å²) in [6.07, 6.45) is 0.356. The standard InChI is InChI=1S/C16H20N2O2S/c1-11(9-19)8-17-16(20)7-13-3-5-14(6-4-13)15-10-21-12(2)18-15/h3-6,10-11,19H,7-9H2,1-2H3,(H,17,20). The van der Waals surface area contributed by atoms with E-state index in [0.29, 0.717) is 13.0 Å². The van der Waals surface area contributed by atoms with Crippen molar-refractivity contribution in [2.75, 3.05) is 13.2 Å². The Morgan fingerprint density at radius 2 is 2.10 bits per heavy atom. The Balaban J connectivity index is 1.92. The molecule has 0 aliphatic heterocycles. The number of nitrogens with one attached hydrogen (secondary N) is 1. The van der Waals surface area contributed by atoms with Crippen molar-refractivity contribution in [3.63, 3.8) is 0 Å². The predicted molar refractivity (Wildman–Crippen MR) is 85.3 cm³/mol. The minimum Gasteiger partial charge on any atom is -0.396 e. The van der Waals surface area contributed by atoms with Crippen molar-refractivity contribution in [3.05, 3.63) is 40.2 Å². The molecule has 2 rings (SSSR count). The number of benzene rings is 1. The molecule has 0 radical (unpaired) electrons. The van der Waals surface area contributed by atoms with Gasteiger partial charge in [-0.15, -0.1) is 11.3 Å². The number of thiazole rings is 1. The summed E-state index contributed by atoms with van der Waals surface area (Å²) < 4.78 is 0. The SMILES string of the molecule is Cc1nc(-c2ccc(CC(=O)NCC(C)CO)cc2)cs1. The monoisotopic (exact) mass is 304 g/mol. The number of aromatic nitrogens is 1. The third kappa shape index (κ3) is 4.65. The molecule has 1 unspecified atom stereocenters. The summed E-state index contributed by atoms with van der Waals surface area (Å²) in [4.78, 5) is 16.2. The van der Waals surface area contributed by atoms with E-state index in [2.05, 4.69) is 10.3 Å². The Morgan fingerprint density at radius 1 is 1.38 bits per heavy atom. The molecular formula is C16H20N2O2S. The Bertz CT molecular complexity index is 593. The zero-order valence-corrected chi connectivity index (χ0v) is 13.1. The van der Waals surface area contributed by atoms with E-state index >= 15 is 0 Å². The number of nitrogens with zero attached hydrogens (tertiary/aromatic N) is 1. The van der Waals surface area contributed by atoms with Gasteiger partial charge in [0, 0.05) is 24.1 Å². The molecule has 2 N–H and O–H groups in total. The van der Waals surface area contributed by atoms with Crippen LogP contribution >= 0.6 is 11.3 Å². The number of amides is 1. The van der Waals surface area contributed by atoms with Gasteiger partial charge >= 0.3 is 0 Å². The van der Waals surface area contributed by atoms with Crippen LogP contribution in [0, 0.1) is 12.8 Å². The number of aliphatic hydroxyl groups is 1. The van der Waals surface area contributed by atoms with E-state index in [-0.39, 0.29) is 18.4 Å².